The van der Waals surface area contributed by atoms with Gasteiger partial charge < -0.3 is 10.1 Å². The molecule has 2 aromatic carbocycles. The van der Waals surface area contributed by atoms with E-state index >= 15 is 0 Å². The molecule has 2 nitrogen and oxygen atoms in total. The predicted octanol–water partition coefficient (Wildman–Crippen LogP) is 4.68. The number of aryl methyl sites for hydroxylation is 1. The van der Waals surface area contributed by atoms with Crippen molar-refractivity contribution >= 4 is 15.9 Å². The van der Waals surface area contributed by atoms with Gasteiger partial charge in [-0.15, -0.1) is 0 Å². The number of fused-ring (bicyclic) bond motifs is 1. The van der Waals surface area contributed by atoms with Crippen molar-refractivity contribution < 1.29 is 9.13 Å². The third kappa shape index (κ3) is 2.83. The highest BCUT2D eigenvalue weighted by molar-refractivity contribution is 9.10. The van der Waals surface area contributed by atoms with Crippen LogP contribution < -0.4 is 10.1 Å². The Hall–Kier alpha value is -1.39. The molecule has 0 radical (unpaired) electrons. The molecule has 1 N–H and O–H groups in total. The number of benzene rings is 2. The molecule has 4 heteroatoms. The molecule has 1 aliphatic heterocycles. The molecular formula is C17H17BrFNO. The van der Waals surface area contributed by atoms with Gasteiger partial charge in [0.05, 0.1) is 0 Å². The maximum Gasteiger partial charge on any atom is 0.127 e. The standard InChI is InChI=1S/C17H17BrFNO/c1-10-7-11(3-6-14(10)18)16-9-15(20-2)13-5-4-12(19)8-17(13)21-16/h3-8,15-16,20H,9H2,1-2H3. The van der Waals surface area contributed by atoms with E-state index in [0.29, 0.717) is 5.75 Å². The fourth-order valence-corrected chi connectivity index (χ4v) is 3.03. The maximum absolute atomic E-state index is 13.5. The van der Waals surface area contributed by atoms with Crippen molar-refractivity contribution in [2.75, 3.05) is 7.05 Å². The van der Waals surface area contributed by atoms with E-state index in [1.165, 1.54) is 17.7 Å². The highest BCUT2D eigenvalue weighted by Crippen LogP contribution is 2.41. The minimum atomic E-state index is -0.267. The third-order valence-electron chi connectivity index (χ3n) is 3.97. The lowest BCUT2D eigenvalue weighted by molar-refractivity contribution is 0.153. The first-order chi connectivity index (χ1) is 10.1. The molecule has 2 aromatic rings. The van der Waals surface area contributed by atoms with Crippen LogP contribution in [0.2, 0.25) is 0 Å². The van der Waals surface area contributed by atoms with Gasteiger partial charge in [-0.2, -0.15) is 0 Å². The summed E-state index contributed by atoms with van der Waals surface area (Å²) in [5.41, 5.74) is 3.30. The zero-order valence-electron chi connectivity index (χ0n) is 12.0. The number of nitrogens with one attached hydrogen (secondary N) is 1. The fraction of sp³-hybridized carbons (Fsp3) is 0.294. The number of ether oxygens (including phenoxy) is 1. The Kier molecular flexibility index (Phi) is 4.00. The summed E-state index contributed by atoms with van der Waals surface area (Å²) in [6, 6.07) is 11.1. The minimum absolute atomic E-state index is 0.0662. The highest BCUT2D eigenvalue weighted by atomic mass is 79.9. The van der Waals surface area contributed by atoms with Crippen molar-refractivity contribution in [3.05, 3.63) is 63.4 Å². The van der Waals surface area contributed by atoms with Gasteiger partial charge in [-0.25, -0.2) is 4.39 Å². The molecule has 1 aliphatic rings. The second-order valence-electron chi connectivity index (χ2n) is 5.37. The van der Waals surface area contributed by atoms with E-state index in [1.54, 1.807) is 6.07 Å². The summed E-state index contributed by atoms with van der Waals surface area (Å²) in [6.07, 6.45) is 0.763. The van der Waals surface area contributed by atoms with Gasteiger partial charge in [0.25, 0.3) is 0 Å². The van der Waals surface area contributed by atoms with E-state index in [-0.39, 0.29) is 18.0 Å². The van der Waals surface area contributed by atoms with Crippen LogP contribution in [-0.4, -0.2) is 7.05 Å². The summed E-state index contributed by atoms with van der Waals surface area (Å²) in [4.78, 5) is 0. The van der Waals surface area contributed by atoms with Crippen LogP contribution in [0.25, 0.3) is 0 Å². The van der Waals surface area contributed by atoms with Gasteiger partial charge in [0, 0.05) is 28.6 Å². The van der Waals surface area contributed by atoms with E-state index < -0.39 is 0 Å². The highest BCUT2D eigenvalue weighted by Gasteiger charge is 2.28. The second-order valence-corrected chi connectivity index (χ2v) is 6.23. The Bertz CT molecular complexity index is 674. The molecule has 2 atom stereocenters. The Balaban J connectivity index is 1.97. The van der Waals surface area contributed by atoms with Crippen LogP contribution in [0.4, 0.5) is 4.39 Å². The zero-order valence-corrected chi connectivity index (χ0v) is 13.6. The molecule has 110 valence electrons. The minimum Gasteiger partial charge on any atom is -0.485 e. The summed E-state index contributed by atoms with van der Waals surface area (Å²) >= 11 is 3.51. The Morgan fingerprint density at radius 3 is 2.76 bits per heavy atom. The Morgan fingerprint density at radius 2 is 2.05 bits per heavy atom. The number of rotatable bonds is 2. The molecule has 0 bridgehead atoms. The third-order valence-corrected chi connectivity index (χ3v) is 4.86. The Morgan fingerprint density at radius 1 is 1.24 bits per heavy atom. The molecule has 0 aliphatic carbocycles. The molecule has 0 saturated heterocycles. The Labute approximate surface area is 132 Å². The SMILES string of the molecule is CNC1CC(c2ccc(Br)c(C)c2)Oc2cc(F)ccc21. The maximum atomic E-state index is 13.5. The first-order valence-corrected chi connectivity index (χ1v) is 7.77. The van der Waals surface area contributed by atoms with Gasteiger partial charge in [-0.1, -0.05) is 34.1 Å². The zero-order chi connectivity index (χ0) is 15.0. The molecule has 3 rings (SSSR count). The van der Waals surface area contributed by atoms with Crippen LogP contribution in [0.5, 0.6) is 5.75 Å². The van der Waals surface area contributed by atoms with Crippen LogP contribution in [0.15, 0.2) is 40.9 Å². The smallest absolute Gasteiger partial charge is 0.127 e. The molecule has 1 heterocycles. The van der Waals surface area contributed by atoms with E-state index in [2.05, 4.69) is 40.3 Å². The van der Waals surface area contributed by atoms with Crippen molar-refractivity contribution in [3.8, 4) is 5.75 Å². The van der Waals surface area contributed by atoms with Gasteiger partial charge >= 0.3 is 0 Å². The number of hydrogen-bond acceptors (Lipinski definition) is 2. The summed E-state index contributed by atoms with van der Waals surface area (Å²) < 4.78 is 20.6. The van der Waals surface area contributed by atoms with Crippen molar-refractivity contribution in [1.82, 2.24) is 5.32 Å². The first kappa shape index (κ1) is 14.5. The van der Waals surface area contributed by atoms with Gasteiger partial charge in [0.1, 0.15) is 17.7 Å². The van der Waals surface area contributed by atoms with Crippen LogP contribution >= 0.6 is 15.9 Å². The quantitative estimate of drug-likeness (QED) is 0.849. The molecule has 0 fully saturated rings. The average molecular weight is 350 g/mol. The van der Waals surface area contributed by atoms with Gasteiger partial charge in [-0.3, -0.25) is 0 Å². The van der Waals surface area contributed by atoms with Crippen LogP contribution in [0, 0.1) is 12.7 Å². The lowest BCUT2D eigenvalue weighted by atomic mass is 9.92. The monoisotopic (exact) mass is 349 g/mol. The largest absolute Gasteiger partial charge is 0.485 e. The topological polar surface area (TPSA) is 21.3 Å². The molecule has 0 amide bonds. The summed E-state index contributed by atoms with van der Waals surface area (Å²) in [5, 5.41) is 3.29. The van der Waals surface area contributed by atoms with Crippen molar-refractivity contribution in [3.63, 3.8) is 0 Å². The molecule has 0 aromatic heterocycles. The molecule has 21 heavy (non-hydrogen) atoms. The van der Waals surface area contributed by atoms with Gasteiger partial charge in [0.15, 0.2) is 0 Å². The average Bonchev–Trinajstić information content (AvgIpc) is 2.48. The van der Waals surface area contributed by atoms with E-state index in [1.807, 2.05) is 13.1 Å². The summed E-state index contributed by atoms with van der Waals surface area (Å²) in [7, 11) is 1.92. The molecule has 2 unspecified atom stereocenters. The normalized spacial score (nSPS) is 20.8. The number of halogens is 2. The lowest BCUT2D eigenvalue weighted by Gasteiger charge is -2.32. The lowest BCUT2D eigenvalue weighted by Crippen LogP contribution is -2.26. The summed E-state index contributed by atoms with van der Waals surface area (Å²) in [5.74, 6) is 0.363. The summed E-state index contributed by atoms with van der Waals surface area (Å²) in [6.45, 7) is 2.06. The molecule has 0 saturated carbocycles. The van der Waals surface area contributed by atoms with Gasteiger partial charge in [-0.05, 0) is 37.2 Å². The predicted molar refractivity (Wildman–Crippen MR) is 85.1 cm³/mol. The fourth-order valence-electron chi connectivity index (χ4n) is 2.79. The second kappa shape index (κ2) is 5.78. The van der Waals surface area contributed by atoms with Crippen LogP contribution in [0.1, 0.15) is 35.3 Å². The van der Waals surface area contributed by atoms with E-state index in [9.17, 15) is 4.39 Å². The van der Waals surface area contributed by atoms with Gasteiger partial charge in [0.2, 0.25) is 0 Å². The van der Waals surface area contributed by atoms with Crippen LogP contribution in [-0.2, 0) is 0 Å². The van der Waals surface area contributed by atoms with E-state index in [4.69, 9.17) is 4.74 Å². The van der Waals surface area contributed by atoms with Crippen LogP contribution in [0.3, 0.4) is 0 Å². The van der Waals surface area contributed by atoms with E-state index in [0.717, 1.165) is 22.0 Å². The van der Waals surface area contributed by atoms with Crippen molar-refractivity contribution in [2.45, 2.75) is 25.5 Å². The first-order valence-electron chi connectivity index (χ1n) is 6.98. The number of hydrogen-bond donors (Lipinski definition) is 1. The van der Waals surface area contributed by atoms with Crippen molar-refractivity contribution in [2.24, 2.45) is 0 Å². The van der Waals surface area contributed by atoms with Crippen molar-refractivity contribution in [1.29, 1.82) is 0 Å². The molecule has 0 spiro atoms. The molecular weight excluding hydrogens is 333 g/mol.